The zero-order chi connectivity index (χ0) is 14.5. The Hall–Kier alpha value is -1.38. The van der Waals surface area contributed by atoms with Crippen LogP contribution in [0.25, 0.3) is 0 Å². The topological polar surface area (TPSA) is 18.5 Å². The quantitative estimate of drug-likeness (QED) is 0.733. The van der Waals surface area contributed by atoms with Gasteiger partial charge in [0.2, 0.25) is 0 Å². The molecule has 20 heavy (non-hydrogen) atoms. The lowest BCUT2D eigenvalue weighted by Crippen LogP contribution is -1.98. The van der Waals surface area contributed by atoms with Crippen molar-refractivity contribution in [3.63, 3.8) is 0 Å². The molecule has 0 aliphatic heterocycles. The molecule has 2 aromatic carbocycles. The van der Waals surface area contributed by atoms with Crippen LogP contribution in [0.1, 0.15) is 16.5 Å². The van der Waals surface area contributed by atoms with Gasteiger partial charge in [0.1, 0.15) is 11.5 Å². The molecule has 0 aromatic heterocycles. The molecule has 0 saturated heterocycles. The van der Waals surface area contributed by atoms with E-state index in [-0.39, 0.29) is 5.38 Å². The molecule has 0 spiro atoms. The number of methoxy groups -OCH3 is 2. The maximum atomic E-state index is 6.50. The first-order valence-electron chi connectivity index (χ1n) is 6.24. The van der Waals surface area contributed by atoms with Gasteiger partial charge in [0.25, 0.3) is 0 Å². The molecule has 106 valence electrons. The third-order valence-corrected chi connectivity index (χ3v) is 3.87. The van der Waals surface area contributed by atoms with Crippen molar-refractivity contribution in [1.82, 2.24) is 0 Å². The number of hydrogen-bond acceptors (Lipinski definition) is 2. The molecule has 2 rings (SSSR count). The molecule has 0 amide bonds. The average Bonchev–Trinajstić information content (AvgIpc) is 2.48. The summed E-state index contributed by atoms with van der Waals surface area (Å²) >= 11 is 12.7. The molecule has 0 aliphatic carbocycles. The molecule has 0 N–H and O–H groups in total. The molecular weight excluding hydrogens is 295 g/mol. The van der Waals surface area contributed by atoms with Crippen molar-refractivity contribution in [2.75, 3.05) is 14.2 Å². The highest BCUT2D eigenvalue weighted by atomic mass is 35.5. The fraction of sp³-hybridized carbons (Fsp3) is 0.250. The molecule has 0 radical (unpaired) electrons. The van der Waals surface area contributed by atoms with Gasteiger partial charge < -0.3 is 9.47 Å². The lowest BCUT2D eigenvalue weighted by molar-refractivity contribution is 0.393. The fourth-order valence-electron chi connectivity index (χ4n) is 1.99. The number of benzene rings is 2. The summed E-state index contributed by atoms with van der Waals surface area (Å²) in [4.78, 5) is 0. The Balaban J connectivity index is 2.24. The zero-order valence-corrected chi connectivity index (χ0v) is 12.9. The smallest absolute Gasteiger partial charge is 0.122 e. The number of hydrogen-bond donors (Lipinski definition) is 0. The Labute approximate surface area is 129 Å². The Kier molecular flexibility index (Phi) is 5.16. The molecule has 0 fully saturated rings. The highest BCUT2D eigenvalue weighted by molar-refractivity contribution is 6.31. The van der Waals surface area contributed by atoms with Gasteiger partial charge in [0.05, 0.1) is 19.6 Å². The Morgan fingerprint density at radius 1 is 1.00 bits per heavy atom. The summed E-state index contributed by atoms with van der Waals surface area (Å²) in [5.41, 5.74) is 1.97. The SMILES string of the molecule is COc1cc(OC)cc(C(Cl)Cc2ccccc2Cl)c1. The second-order valence-electron chi connectivity index (χ2n) is 4.41. The van der Waals surface area contributed by atoms with Gasteiger partial charge in [0.15, 0.2) is 0 Å². The summed E-state index contributed by atoms with van der Waals surface area (Å²) in [7, 11) is 3.24. The van der Waals surface area contributed by atoms with E-state index in [9.17, 15) is 0 Å². The minimum Gasteiger partial charge on any atom is -0.497 e. The molecule has 0 bridgehead atoms. The van der Waals surface area contributed by atoms with Crippen LogP contribution >= 0.6 is 23.2 Å². The Bertz CT molecular complexity index is 562. The monoisotopic (exact) mass is 310 g/mol. The van der Waals surface area contributed by atoms with Gasteiger partial charge in [-0.05, 0) is 35.7 Å². The Morgan fingerprint density at radius 3 is 2.15 bits per heavy atom. The van der Waals surface area contributed by atoms with Gasteiger partial charge in [-0.15, -0.1) is 11.6 Å². The lowest BCUT2D eigenvalue weighted by Gasteiger charge is -2.14. The van der Waals surface area contributed by atoms with E-state index in [1.165, 1.54) is 0 Å². The molecule has 1 unspecified atom stereocenters. The maximum Gasteiger partial charge on any atom is 0.122 e. The standard InChI is InChI=1S/C16H16Cl2O2/c1-19-13-7-12(8-14(10-13)20-2)16(18)9-11-5-3-4-6-15(11)17/h3-8,10,16H,9H2,1-2H3. The van der Waals surface area contributed by atoms with Gasteiger partial charge in [0, 0.05) is 11.1 Å². The molecule has 4 heteroatoms. The van der Waals surface area contributed by atoms with Crippen molar-refractivity contribution in [2.24, 2.45) is 0 Å². The molecule has 0 aliphatic rings. The van der Waals surface area contributed by atoms with Crippen LogP contribution in [0.2, 0.25) is 5.02 Å². The van der Waals surface area contributed by atoms with Crippen LogP contribution in [0.5, 0.6) is 11.5 Å². The van der Waals surface area contributed by atoms with Crippen LogP contribution in [0.3, 0.4) is 0 Å². The van der Waals surface area contributed by atoms with Gasteiger partial charge in [-0.25, -0.2) is 0 Å². The van der Waals surface area contributed by atoms with Crippen molar-refractivity contribution in [1.29, 1.82) is 0 Å². The van der Waals surface area contributed by atoms with Gasteiger partial charge in [-0.1, -0.05) is 29.8 Å². The third-order valence-electron chi connectivity index (χ3n) is 3.09. The van der Waals surface area contributed by atoms with Crippen LogP contribution in [0.4, 0.5) is 0 Å². The summed E-state index contributed by atoms with van der Waals surface area (Å²) in [5.74, 6) is 1.45. The molecule has 1 atom stereocenters. The van der Waals surface area contributed by atoms with Crippen molar-refractivity contribution in [2.45, 2.75) is 11.8 Å². The number of ether oxygens (including phenoxy) is 2. The van der Waals surface area contributed by atoms with Crippen LogP contribution < -0.4 is 9.47 Å². The number of alkyl halides is 1. The van der Waals surface area contributed by atoms with Crippen LogP contribution in [0, 0.1) is 0 Å². The second kappa shape index (κ2) is 6.87. The molecule has 0 heterocycles. The molecule has 2 nitrogen and oxygen atoms in total. The Morgan fingerprint density at radius 2 is 1.60 bits per heavy atom. The minimum absolute atomic E-state index is 0.195. The van der Waals surface area contributed by atoms with E-state index < -0.39 is 0 Å². The third kappa shape index (κ3) is 3.59. The molecule has 2 aromatic rings. The normalized spacial score (nSPS) is 12.0. The molecule has 0 saturated carbocycles. The average molecular weight is 311 g/mol. The van der Waals surface area contributed by atoms with Crippen molar-refractivity contribution in [3.05, 3.63) is 58.6 Å². The largest absolute Gasteiger partial charge is 0.497 e. The van der Waals surface area contributed by atoms with E-state index in [0.29, 0.717) is 6.42 Å². The van der Waals surface area contributed by atoms with Crippen molar-refractivity contribution in [3.8, 4) is 11.5 Å². The lowest BCUT2D eigenvalue weighted by atomic mass is 10.0. The highest BCUT2D eigenvalue weighted by Crippen LogP contribution is 2.33. The first-order valence-corrected chi connectivity index (χ1v) is 7.06. The van der Waals surface area contributed by atoms with E-state index in [1.54, 1.807) is 14.2 Å². The predicted molar refractivity (Wildman–Crippen MR) is 83.3 cm³/mol. The van der Waals surface area contributed by atoms with Gasteiger partial charge in [-0.3, -0.25) is 0 Å². The highest BCUT2D eigenvalue weighted by Gasteiger charge is 2.13. The van der Waals surface area contributed by atoms with Crippen molar-refractivity contribution < 1.29 is 9.47 Å². The summed E-state index contributed by atoms with van der Waals surface area (Å²) in [6, 6.07) is 13.4. The molecular formula is C16H16Cl2O2. The zero-order valence-electron chi connectivity index (χ0n) is 11.4. The summed E-state index contributed by atoms with van der Waals surface area (Å²) in [5, 5.41) is 0.534. The van der Waals surface area contributed by atoms with Crippen LogP contribution in [-0.4, -0.2) is 14.2 Å². The van der Waals surface area contributed by atoms with Gasteiger partial charge in [-0.2, -0.15) is 0 Å². The fourth-order valence-corrected chi connectivity index (χ4v) is 2.49. The summed E-state index contributed by atoms with van der Waals surface area (Å²) in [6.45, 7) is 0. The minimum atomic E-state index is -0.195. The summed E-state index contributed by atoms with van der Waals surface area (Å²) in [6.07, 6.45) is 0.650. The number of halogens is 2. The second-order valence-corrected chi connectivity index (χ2v) is 5.34. The van der Waals surface area contributed by atoms with E-state index in [2.05, 4.69) is 0 Å². The van der Waals surface area contributed by atoms with Crippen molar-refractivity contribution >= 4 is 23.2 Å². The summed E-state index contributed by atoms with van der Waals surface area (Å²) < 4.78 is 10.5. The van der Waals surface area contributed by atoms with Crippen LogP contribution in [0.15, 0.2) is 42.5 Å². The van der Waals surface area contributed by atoms with E-state index >= 15 is 0 Å². The van der Waals surface area contributed by atoms with E-state index in [0.717, 1.165) is 27.6 Å². The number of rotatable bonds is 5. The van der Waals surface area contributed by atoms with E-state index in [1.807, 2.05) is 42.5 Å². The predicted octanol–water partition coefficient (Wildman–Crippen LogP) is 4.88. The maximum absolute atomic E-state index is 6.50. The first kappa shape index (κ1) is 15.0. The van der Waals surface area contributed by atoms with Crippen LogP contribution in [-0.2, 0) is 6.42 Å². The van der Waals surface area contributed by atoms with Gasteiger partial charge >= 0.3 is 0 Å². The first-order chi connectivity index (χ1) is 9.63. The van der Waals surface area contributed by atoms with E-state index in [4.69, 9.17) is 32.7 Å².